The summed E-state index contributed by atoms with van der Waals surface area (Å²) in [5.41, 5.74) is 6.11. The van der Waals surface area contributed by atoms with Crippen molar-refractivity contribution in [2.75, 3.05) is 11.9 Å². The van der Waals surface area contributed by atoms with Crippen molar-refractivity contribution in [1.29, 1.82) is 0 Å². The molecule has 3 N–H and O–H groups in total. The highest BCUT2D eigenvalue weighted by Gasteiger charge is 2.53. The first kappa shape index (κ1) is 12.4. The lowest BCUT2D eigenvalue weighted by atomic mass is 10.0. The third kappa shape index (κ3) is 2.69. The van der Waals surface area contributed by atoms with Crippen molar-refractivity contribution in [3.8, 4) is 0 Å². The van der Waals surface area contributed by atoms with Gasteiger partial charge in [0, 0.05) is 12.6 Å². The van der Waals surface area contributed by atoms with Crippen molar-refractivity contribution in [3.05, 3.63) is 29.8 Å². The van der Waals surface area contributed by atoms with E-state index in [4.69, 9.17) is 5.73 Å². The predicted octanol–water partition coefficient (Wildman–Crippen LogP) is 2.88. The molecule has 2 aliphatic carbocycles. The van der Waals surface area contributed by atoms with E-state index in [1.54, 1.807) is 0 Å². The van der Waals surface area contributed by atoms with Gasteiger partial charge in [0.2, 0.25) is 0 Å². The molecule has 0 radical (unpaired) electrons. The van der Waals surface area contributed by atoms with E-state index in [0.29, 0.717) is 12.0 Å². The molecule has 0 heterocycles. The van der Waals surface area contributed by atoms with Gasteiger partial charge in [-0.2, -0.15) is 0 Å². The van der Waals surface area contributed by atoms with Crippen molar-refractivity contribution in [3.63, 3.8) is 0 Å². The van der Waals surface area contributed by atoms with E-state index in [1.165, 1.54) is 25.7 Å². The van der Waals surface area contributed by atoms with E-state index in [9.17, 15) is 8.78 Å². The Kier molecular flexibility index (Phi) is 2.92. The molecule has 0 aliphatic heterocycles. The Labute approximate surface area is 110 Å². The molecule has 19 heavy (non-hydrogen) atoms. The van der Waals surface area contributed by atoms with Gasteiger partial charge in [-0.15, -0.1) is 0 Å². The molecule has 2 aliphatic rings. The summed E-state index contributed by atoms with van der Waals surface area (Å²) in [6, 6.07) is 3.21. The van der Waals surface area contributed by atoms with Crippen LogP contribution in [0.25, 0.3) is 0 Å². The van der Waals surface area contributed by atoms with Crippen LogP contribution in [0, 0.1) is 23.0 Å². The number of anilines is 1. The van der Waals surface area contributed by atoms with Crippen molar-refractivity contribution in [2.45, 2.75) is 25.7 Å². The number of hydrogen-bond donors (Lipinski definition) is 2. The van der Waals surface area contributed by atoms with Gasteiger partial charge in [-0.3, -0.25) is 4.99 Å². The predicted molar refractivity (Wildman–Crippen MR) is 70.9 cm³/mol. The number of nitrogens with one attached hydrogen (secondary N) is 1. The van der Waals surface area contributed by atoms with Crippen LogP contribution in [0.3, 0.4) is 0 Å². The van der Waals surface area contributed by atoms with Crippen LogP contribution in [0.5, 0.6) is 0 Å². The normalized spacial score (nSPS) is 21.3. The molecule has 3 nitrogen and oxygen atoms in total. The molecule has 0 saturated heterocycles. The number of hydrogen-bond acceptors (Lipinski definition) is 1. The molecule has 0 amide bonds. The Morgan fingerprint density at radius 2 is 2.11 bits per heavy atom. The van der Waals surface area contributed by atoms with Crippen LogP contribution in [0.4, 0.5) is 14.5 Å². The Morgan fingerprint density at radius 3 is 2.74 bits per heavy atom. The fourth-order valence-electron chi connectivity index (χ4n) is 2.57. The summed E-state index contributed by atoms with van der Waals surface area (Å²) in [5.74, 6) is -0.0948. The second kappa shape index (κ2) is 4.47. The summed E-state index contributed by atoms with van der Waals surface area (Å²) in [4.78, 5) is 4.28. The molecule has 1 aromatic rings. The van der Waals surface area contributed by atoms with Crippen LogP contribution in [0.2, 0.25) is 0 Å². The van der Waals surface area contributed by atoms with E-state index in [1.807, 2.05) is 0 Å². The Bertz CT molecular complexity index is 519. The lowest BCUT2D eigenvalue weighted by molar-refractivity contribution is 0.454. The average molecular weight is 265 g/mol. The maximum Gasteiger partial charge on any atom is 0.193 e. The minimum atomic E-state index is -0.539. The Balaban J connectivity index is 1.64. The first-order valence-corrected chi connectivity index (χ1v) is 6.61. The first-order chi connectivity index (χ1) is 9.09. The molecule has 0 unspecified atom stereocenters. The summed E-state index contributed by atoms with van der Waals surface area (Å²) >= 11 is 0. The van der Waals surface area contributed by atoms with Gasteiger partial charge in [-0.25, -0.2) is 8.78 Å². The smallest absolute Gasteiger partial charge is 0.193 e. The van der Waals surface area contributed by atoms with Gasteiger partial charge < -0.3 is 11.1 Å². The highest BCUT2D eigenvalue weighted by molar-refractivity contribution is 5.92. The van der Waals surface area contributed by atoms with Gasteiger partial charge in [-0.1, -0.05) is 0 Å². The van der Waals surface area contributed by atoms with Gasteiger partial charge in [0.1, 0.15) is 11.6 Å². The van der Waals surface area contributed by atoms with Gasteiger partial charge in [0.25, 0.3) is 0 Å². The lowest BCUT2D eigenvalue weighted by Crippen LogP contribution is -2.25. The summed E-state index contributed by atoms with van der Waals surface area (Å²) in [6.07, 6.45) is 5.01. The largest absolute Gasteiger partial charge is 0.370 e. The quantitative estimate of drug-likeness (QED) is 0.649. The minimum Gasteiger partial charge on any atom is -0.370 e. The summed E-state index contributed by atoms with van der Waals surface area (Å²) in [7, 11) is 0. The van der Waals surface area contributed by atoms with Crippen LogP contribution < -0.4 is 11.1 Å². The molecule has 0 bridgehead atoms. The van der Waals surface area contributed by atoms with Crippen LogP contribution in [-0.4, -0.2) is 12.5 Å². The highest BCUT2D eigenvalue weighted by Crippen LogP contribution is 2.61. The minimum absolute atomic E-state index is 0.0255. The van der Waals surface area contributed by atoms with Crippen molar-refractivity contribution >= 4 is 11.6 Å². The Hall–Kier alpha value is -1.65. The topological polar surface area (TPSA) is 50.4 Å². The van der Waals surface area contributed by atoms with Gasteiger partial charge in [0.05, 0.1) is 5.69 Å². The maximum absolute atomic E-state index is 13.4. The lowest BCUT2D eigenvalue weighted by Gasteiger charge is -2.12. The van der Waals surface area contributed by atoms with Gasteiger partial charge in [0.15, 0.2) is 5.96 Å². The maximum atomic E-state index is 13.4. The molecular weight excluding hydrogens is 248 g/mol. The van der Waals surface area contributed by atoms with Crippen molar-refractivity contribution in [2.24, 2.45) is 22.1 Å². The van der Waals surface area contributed by atoms with E-state index in [0.717, 1.165) is 24.1 Å². The molecule has 1 aromatic carbocycles. The molecule has 0 atom stereocenters. The standard InChI is InChI=1S/C14H17F2N3/c15-10-3-4-11(16)12(7-10)19-13(17)18-8-14(5-6-14)9-1-2-9/h3-4,7,9H,1-2,5-6,8H2,(H3,17,18,19). The first-order valence-electron chi connectivity index (χ1n) is 6.61. The van der Waals surface area contributed by atoms with Gasteiger partial charge in [-0.05, 0) is 49.1 Å². The monoisotopic (exact) mass is 265 g/mol. The number of aliphatic imine (C=N–C) groups is 1. The summed E-state index contributed by atoms with van der Waals surface area (Å²) < 4.78 is 26.4. The zero-order valence-electron chi connectivity index (χ0n) is 10.6. The van der Waals surface area contributed by atoms with Gasteiger partial charge >= 0.3 is 0 Å². The van der Waals surface area contributed by atoms with E-state index < -0.39 is 11.6 Å². The molecule has 3 rings (SSSR count). The molecule has 2 saturated carbocycles. The van der Waals surface area contributed by atoms with Crippen molar-refractivity contribution in [1.82, 2.24) is 0 Å². The summed E-state index contributed by atoms with van der Waals surface area (Å²) in [5, 5.41) is 2.62. The van der Waals surface area contributed by atoms with Crippen LogP contribution >= 0.6 is 0 Å². The third-order valence-corrected chi connectivity index (χ3v) is 4.09. The number of nitrogens with two attached hydrogens (primary N) is 1. The number of guanidine groups is 1. The fraction of sp³-hybridized carbons (Fsp3) is 0.500. The number of nitrogens with zero attached hydrogens (tertiary/aromatic N) is 1. The number of benzene rings is 1. The highest BCUT2D eigenvalue weighted by atomic mass is 19.1. The van der Waals surface area contributed by atoms with E-state index >= 15 is 0 Å². The van der Waals surface area contributed by atoms with E-state index in [2.05, 4.69) is 10.3 Å². The zero-order chi connectivity index (χ0) is 13.5. The second-order valence-electron chi connectivity index (χ2n) is 5.59. The molecule has 2 fully saturated rings. The zero-order valence-corrected chi connectivity index (χ0v) is 10.6. The van der Waals surface area contributed by atoms with Crippen LogP contribution in [-0.2, 0) is 0 Å². The van der Waals surface area contributed by atoms with Crippen LogP contribution in [0.15, 0.2) is 23.2 Å². The fourth-order valence-corrected chi connectivity index (χ4v) is 2.57. The third-order valence-electron chi connectivity index (χ3n) is 4.09. The molecule has 102 valence electrons. The molecule has 0 spiro atoms. The average Bonchev–Trinajstić information content (AvgIpc) is 3.24. The second-order valence-corrected chi connectivity index (χ2v) is 5.59. The molecular formula is C14H17F2N3. The number of halogens is 2. The molecule has 5 heteroatoms. The van der Waals surface area contributed by atoms with Crippen LogP contribution in [0.1, 0.15) is 25.7 Å². The van der Waals surface area contributed by atoms with Crippen molar-refractivity contribution < 1.29 is 8.78 Å². The molecule has 0 aromatic heterocycles. The Morgan fingerprint density at radius 1 is 1.37 bits per heavy atom. The SMILES string of the molecule is NC(=NCC1(C2CC2)CC1)Nc1cc(F)ccc1F. The number of rotatable bonds is 4. The summed E-state index contributed by atoms with van der Waals surface area (Å²) in [6.45, 7) is 0.688. The van der Waals surface area contributed by atoms with E-state index in [-0.39, 0.29) is 11.6 Å².